The van der Waals surface area contributed by atoms with Gasteiger partial charge in [0, 0.05) is 30.8 Å². The number of hydrogen-bond acceptors (Lipinski definition) is 3. The molecule has 0 bridgehead atoms. The third-order valence-electron chi connectivity index (χ3n) is 3.41. The van der Waals surface area contributed by atoms with E-state index in [9.17, 15) is 4.79 Å². The van der Waals surface area contributed by atoms with Crippen molar-refractivity contribution in [3.8, 4) is 0 Å². The molecule has 1 aliphatic heterocycles. The third-order valence-corrected chi connectivity index (χ3v) is 3.41. The van der Waals surface area contributed by atoms with Gasteiger partial charge in [-0.2, -0.15) is 0 Å². The third kappa shape index (κ3) is 1.82. The van der Waals surface area contributed by atoms with E-state index in [0.29, 0.717) is 5.92 Å². The average Bonchev–Trinajstić information content (AvgIpc) is 3.04. The van der Waals surface area contributed by atoms with E-state index < -0.39 is 0 Å². The van der Waals surface area contributed by atoms with Gasteiger partial charge in [-0.25, -0.2) is 4.98 Å². The minimum Gasteiger partial charge on any atom is -0.357 e. The molecular weight excluding hydrogens is 200 g/mol. The summed E-state index contributed by atoms with van der Waals surface area (Å²) in [5.41, 5.74) is 0.783. The summed E-state index contributed by atoms with van der Waals surface area (Å²) in [6.07, 6.45) is 6.38. The minimum atomic E-state index is 0.278. The van der Waals surface area contributed by atoms with Crippen molar-refractivity contribution in [3.63, 3.8) is 0 Å². The Morgan fingerprint density at radius 2 is 2.00 bits per heavy atom. The molecule has 0 unspecified atom stereocenters. The summed E-state index contributed by atoms with van der Waals surface area (Å²) in [6, 6.07) is 3.92. The van der Waals surface area contributed by atoms with Crippen molar-refractivity contribution >= 4 is 11.6 Å². The molecule has 84 valence electrons. The van der Waals surface area contributed by atoms with Crippen LogP contribution < -0.4 is 4.90 Å². The number of hydrogen-bond donors (Lipinski definition) is 0. The highest BCUT2D eigenvalue weighted by molar-refractivity contribution is 5.99. The van der Waals surface area contributed by atoms with E-state index >= 15 is 0 Å². The van der Waals surface area contributed by atoms with Crippen molar-refractivity contribution < 1.29 is 4.79 Å². The first-order valence-corrected chi connectivity index (χ1v) is 6.10. The molecule has 1 aromatic rings. The maximum absolute atomic E-state index is 11.8. The van der Waals surface area contributed by atoms with Gasteiger partial charge < -0.3 is 4.90 Å². The summed E-state index contributed by atoms with van der Waals surface area (Å²) in [6.45, 7) is 2.20. The minimum absolute atomic E-state index is 0.278. The molecule has 1 aromatic heterocycles. The van der Waals surface area contributed by atoms with Crippen LogP contribution in [0, 0.1) is 5.92 Å². The van der Waals surface area contributed by atoms with Gasteiger partial charge in [0.25, 0.3) is 0 Å². The summed E-state index contributed by atoms with van der Waals surface area (Å²) >= 11 is 0. The fourth-order valence-corrected chi connectivity index (χ4v) is 2.25. The summed E-state index contributed by atoms with van der Waals surface area (Å²) in [7, 11) is 0. The predicted octanol–water partition coefficient (Wildman–Crippen LogP) is 2.27. The van der Waals surface area contributed by atoms with Gasteiger partial charge >= 0.3 is 0 Å². The number of pyridine rings is 1. The Balaban J connectivity index is 1.75. The molecule has 3 rings (SSSR count). The number of carbonyl (C=O) groups is 1. The topological polar surface area (TPSA) is 33.2 Å². The Kier molecular flexibility index (Phi) is 2.39. The van der Waals surface area contributed by atoms with Crippen molar-refractivity contribution in [2.75, 3.05) is 18.0 Å². The van der Waals surface area contributed by atoms with Crippen LogP contribution in [0.2, 0.25) is 0 Å². The SMILES string of the molecule is O=C(c1ccc(N2CCCC2)nc1)C1CC1. The van der Waals surface area contributed by atoms with Crippen molar-refractivity contribution in [3.05, 3.63) is 23.9 Å². The molecule has 0 atom stereocenters. The largest absolute Gasteiger partial charge is 0.357 e. The number of Topliss-reactive ketones (excluding diaryl/α,β-unsaturated/α-hetero) is 1. The summed E-state index contributed by atoms with van der Waals surface area (Å²) < 4.78 is 0. The molecule has 0 spiro atoms. The van der Waals surface area contributed by atoms with Gasteiger partial charge in [0.2, 0.25) is 0 Å². The van der Waals surface area contributed by atoms with Crippen LogP contribution >= 0.6 is 0 Å². The molecule has 3 nitrogen and oxygen atoms in total. The Morgan fingerprint density at radius 1 is 1.25 bits per heavy atom. The van der Waals surface area contributed by atoms with Crippen LogP contribution in [0.3, 0.4) is 0 Å². The molecule has 1 saturated carbocycles. The highest BCUT2D eigenvalue weighted by Crippen LogP contribution is 2.32. The molecule has 3 heteroatoms. The molecule has 1 aliphatic carbocycles. The number of carbonyl (C=O) groups excluding carboxylic acids is 1. The van der Waals surface area contributed by atoms with Gasteiger partial charge in [0.15, 0.2) is 5.78 Å². The fraction of sp³-hybridized carbons (Fsp3) is 0.538. The Labute approximate surface area is 95.5 Å². The Morgan fingerprint density at radius 3 is 2.56 bits per heavy atom. The van der Waals surface area contributed by atoms with E-state index in [1.807, 2.05) is 12.1 Å². The van der Waals surface area contributed by atoms with Crippen LogP contribution in [0.25, 0.3) is 0 Å². The second-order valence-corrected chi connectivity index (χ2v) is 4.74. The molecule has 0 amide bonds. The summed E-state index contributed by atoms with van der Waals surface area (Å²) in [5.74, 6) is 1.59. The van der Waals surface area contributed by atoms with Crippen LogP contribution in [-0.2, 0) is 0 Å². The van der Waals surface area contributed by atoms with Gasteiger partial charge in [-0.15, -0.1) is 0 Å². The van der Waals surface area contributed by atoms with E-state index in [0.717, 1.165) is 37.3 Å². The Bertz CT molecular complexity index is 389. The van der Waals surface area contributed by atoms with Gasteiger partial charge in [0.05, 0.1) is 0 Å². The van der Waals surface area contributed by atoms with Crippen molar-refractivity contribution in [1.82, 2.24) is 4.98 Å². The molecular formula is C13H16N2O. The smallest absolute Gasteiger partial charge is 0.167 e. The van der Waals surface area contributed by atoms with Crippen LogP contribution in [0.5, 0.6) is 0 Å². The molecule has 2 heterocycles. The normalized spacial score (nSPS) is 20.1. The van der Waals surface area contributed by atoms with Crippen LogP contribution in [-0.4, -0.2) is 23.9 Å². The van der Waals surface area contributed by atoms with E-state index in [1.165, 1.54) is 12.8 Å². The standard InChI is InChI=1S/C13H16N2O/c16-13(10-3-4-10)11-5-6-12(14-9-11)15-7-1-2-8-15/h5-6,9-10H,1-4,7-8H2. The number of ketones is 1. The molecule has 16 heavy (non-hydrogen) atoms. The van der Waals surface area contributed by atoms with Crippen molar-refractivity contribution in [1.29, 1.82) is 0 Å². The zero-order valence-electron chi connectivity index (χ0n) is 9.35. The quantitative estimate of drug-likeness (QED) is 0.727. The van der Waals surface area contributed by atoms with Gasteiger partial charge in [-0.1, -0.05) is 0 Å². The summed E-state index contributed by atoms with van der Waals surface area (Å²) in [4.78, 5) is 18.5. The molecule has 1 saturated heterocycles. The fourth-order valence-electron chi connectivity index (χ4n) is 2.25. The first-order chi connectivity index (χ1) is 7.84. The lowest BCUT2D eigenvalue weighted by atomic mass is 10.1. The van der Waals surface area contributed by atoms with Gasteiger partial charge in [0.1, 0.15) is 5.82 Å². The zero-order chi connectivity index (χ0) is 11.0. The maximum Gasteiger partial charge on any atom is 0.167 e. The van der Waals surface area contributed by atoms with E-state index in [1.54, 1.807) is 6.20 Å². The first-order valence-electron chi connectivity index (χ1n) is 6.10. The maximum atomic E-state index is 11.8. The number of nitrogens with zero attached hydrogens (tertiary/aromatic N) is 2. The average molecular weight is 216 g/mol. The number of rotatable bonds is 3. The highest BCUT2D eigenvalue weighted by atomic mass is 16.1. The summed E-state index contributed by atoms with van der Waals surface area (Å²) in [5, 5.41) is 0. The zero-order valence-corrected chi connectivity index (χ0v) is 9.35. The first kappa shape index (κ1) is 9.82. The predicted molar refractivity (Wildman–Crippen MR) is 62.7 cm³/mol. The lowest BCUT2D eigenvalue weighted by Gasteiger charge is -2.15. The molecule has 0 radical (unpaired) electrons. The molecule has 2 aliphatic rings. The van der Waals surface area contributed by atoms with Crippen LogP contribution in [0.15, 0.2) is 18.3 Å². The Hall–Kier alpha value is -1.38. The van der Waals surface area contributed by atoms with Crippen molar-refractivity contribution in [2.24, 2.45) is 5.92 Å². The van der Waals surface area contributed by atoms with E-state index in [2.05, 4.69) is 9.88 Å². The number of aromatic nitrogens is 1. The van der Waals surface area contributed by atoms with Gasteiger partial charge in [-0.3, -0.25) is 4.79 Å². The molecule has 2 fully saturated rings. The second kappa shape index (κ2) is 3.89. The molecule has 0 aromatic carbocycles. The van der Waals surface area contributed by atoms with Crippen LogP contribution in [0.4, 0.5) is 5.82 Å². The molecule has 0 N–H and O–H groups in total. The van der Waals surface area contributed by atoms with E-state index in [-0.39, 0.29) is 5.78 Å². The van der Waals surface area contributed by atoms with E-state index in [4.69, 9.17) is 0 Å². The highest BCUT2D eigenvalue weighted by Gasteiger charge is 2.30. The second-order valence-electron chi connectivity index (χ2n) is 4.74. The van der Waals surface area contributed by atoms with Gasteiger partial charge in [-0.05, 0) is 37.8 Å². The monoisotopic (exact) mass is 216 g/mol. The lowest BCUT2D eigenvalue weighted by molar-refractivity contribution is 0.0967. The lowest BCUT2D eigenvalue weighted by Crippen LogP contribution is -2.19. The van der Waals surface area contributed by atoms with Crippen LogP contribution in [0.1, 0.15) is 36.0 Å². The number of anilines is 1. The van der Waals surface area contributed by atoms with Crippen molar-refractivity contribution in [2.45, 2.75) is 25.7 Å².